The van der Waals surface area contributed by atoms with Gasteiger partial charge >= 0.3 is 0 Å². The minimum absolute atomic E-state index is 1.12. The molecule has 74 valence electrons. The van der Waals surface area contributed by atoms with Crippen molar-refractivity contribution in [3.05, 3.63) is 24.4 Å². The number of piperazine rings is 3. The highest BCUT2D eigenvalue weighted by molar-refractivity contribution is 5.35. The Bertz CT molecular complexity index is 301. The van der Waals surface area contributed by atoms with Gasteiger partial charge in [-0.3, -0.25) is 9.38 Å². The Morgan fingerprint density at radius 1 is 1.07 bits per heavy atom. The second-order valence-corrected chi connectivity index (χ2v) is 4.35. The predicted octanol–water partition coefficient (Wildman–Crippen LogP) is 0.718. The third-order valence-electron chi connectivity index (χ3n) is 3.67. The summed E-state index contributed by atoms with van der Waals surface area (Å²) in [5, 5.41) is 0. The summed E-state index contributed by atoms with van der Waals surface area (Å²) in [6, 6.07) is 6.29. The van der Waals surface area contributed by atoms with Crippen LogP contribution in [0.4, 0.5) is 5.82 Å². The van der Waals surface area contributed by atoms with Crippen molar-refractivity contribution in [1.29, 1.82) is 0 Å². The molecule has 0 amide bonds. The Morgan fingerprint density at radius 3 is 2.36 bits per heavy atom. The van der Waals surface area contributed by atoms with Gasteiger partial charge in [0.1, 0.15) is 0 Å². The van der Waals surface area contributed by atoms with E-state index in [1.54, 1.807) is 0 Å². The van der Waals surface area contributed by atoms with Crippen LogP contribution in [-0.4, -0.2) is 49.2 Å². The molecule has 0 aliphatic carbocycles. The van der Waals surface area contributed by atoms with Gasteiger partial charge in [0.25, 0.3) is 0 Å². The Labute approximate surface area is 84.6 Å². The molecule has 4 heterocycles. The predicted molar refractivity (Wildman–Crippen MR) is 57.1 cm³/mol. The minimum atomic E-state index is 1.12. The molecule has 0 atom stereocenters. The molecule has 0 N–H and O–H groups in total. The zero-order valence-electron chi connectivity index (χ0n) is 8.39. The molecule has 0 spiro atoms. The second kappa shape index (κ2) is 3.04. The Morgan fingerprint density at radius 2 is 1.79 bits per heavy atom. The molecule has 3 fully saturated rings. The molecule has 3 aliphatic rings. The van der Waals surface area contributed by atoms with E-state index in [0.29, 0.717) is 0 Å². The number of nitrogens with zero attached hydrogens (tertiary/aromatic N) is 3. The van der Waals surface area contributed by atoms with Gasteiger partial charge in [-0.05, 0) is 6.07 Å². The lowest BCUT2D eigenvalue weighted by molar-refractivity contribution is 0.0657. The second-order valence-electron chi connectivity index (χ2n) is 4.35. The Hall–Kier alpha value is -0.930. The van der Waals surface area contributed by atoms with Crippen molar-refractivity contribution in [2.24, 2.45) is 0 Å². The molecular weight excluding hydrogens is 174 g/mol. The summed E-state index contributed by atoms with van der Waals surface area (Å²) in [6.45, 7) is 7.48. The lowest BCUT2D eigenvalue weighted by Gasteiger charge is -2.49. The largest absolute Gasteiger partial charge is 0.287 e. The van der Waals surface area contributed by atoms with E-state index < -0.39 is 0 Å². The van der Waals surface area contributed by atoms with E-state index in [2.05, 4.69) is 22.0 Å². The first-order chi connectivity index (χ1) is 6.89. The molecule has 0 radical (unpaired) electrons. The fourth-order valence-corrected chi connectivity index (χ4v) is 2.65. The van der Waals surface area contributed by atoms with E-state index in [4.69, 9.17) is 0 Å². The molecule has 3 heteroatoms. The van der Waals surface area contributed by atoms with Crippen LogP contribution < -0.4 is 4.48 Å². The van der Waals surface area contributed by atoms with Crippen LogP contribution in [0.15, 0.2) is 24.4 Å². The van der Waals surface area contributed by atoms with Crippen molar-refractivity contribution in [1.82, 2.24) is 14.4 Å². The first-order valence-electron chi connectivity index (χ1n) is 5.39. The zero-order valence-corrected chi connectivity index (χ0v) is 8.39. The van der Waals surface area contributed by atoms with Crippen molar-refractivity contribution >= 4 is 5.82 Å². The smallest absolute Gasteiger partial charge is 0.227 e. The van der Waals surface area contributed by atoms with E-state index in [9.17, 15) is 0 Å². The SMILES string of the molecule is c1ccc([N+]23CCN(CC2)CC3)nc1. The lowest BCUT2D eigenvalue weighted by atomic mass is 10.1. The molecule has 1 aromatic rings. The van der Waals surface area contributed by atoms with Crippen LogP contribution in [-0.2, 0) is 0 Å². The number of hydrogen-bond donors (Lipinski definition) is 0. The summed E-state index contributed by atoms with van der Waals surface area (Å²) >= 11 is 0. The first-order valence-corrected chi connectivity index (χ1v) is 5.39. The van der Waals surface area contributed by atoms with Crippen molar-refractivity contribution in [2.45, 2.75) is 0 Å². The highest BCUT2D eigenvalue weighted by Crippen LogP contribution is 2.26. The molecule has 0 aromatic carbocycles. The molecule has 0 unspecified atom stereocenters. The van der Waals surface area contributed by atoms with Gasteiger partial charge in [-0.25, -0.2) is 4.98 Å². The Kier molecular flexibility index (Phi) is 1.82. The highest BCUT2D eigenvalue weighted by Gasteiger charge is 2.40. The Balaban J connectivity index is 1.96. The molecular formula is C11H16N3+. The summed E-state index contributed by atoms with van der Waals surface area (Å²) in [5.74, 6) is 1.27. The monoisotopic (exact) mass is 190 g/mol. The molecule has 2 bridgehead atoms. The molecule has 3 nitrogen and oxygen atoms in total. The number of pyridine rings is 1. The van der Waals surface area contributed by atoms with Crippen LogP contribution in [0.5, 0.6) is 0 Å². The minimum Gasteiger partial charge on any atom is -0.287 e. The molecule has 14 heavy (non-hydrogen) atoms. The van der Waals surface area contributed by atoms with Crippen LogP contribution in [0.3, 0.4) is 0 Å². The topological polar surface area (TPSA) is 16.1 Å². The number of quaternary nitrogens is 1. The molecule has 3 aliphatic heterocycles. The molecule has 1 aromatic heterocycles. The summed E-state index contributed by atoms with van der Waals surface area (Å²) < 4.78 is 1.12. The van der Waals surface area contributed by atoms with Crippen molar-refractivity contribution in [2.75, 3.05) is 39.3 Å². The average Bonchev–Trinajstić information content (AvgIpc) is 2.33. The summed E-state index contributed by atoms with van der Waals surface area (Å²) in [7, 11) is 0. The fourth-order valence-electron chi connectivity index (χ4n) is 2.65. The maximum atomic E-state index is 4.52. The highest BCUT2D eigenvalue weighted by atomic mass is 15.5. The molecule has 0 saturated carbocycles. The summed E-state index contributed by atoms with van der Waals surface area (Å²) in [5.41, 5.74) is 0. The van der Waals surface area contributed by atoms with Gasteiger partial charge in [-0.15, -0.1) is 0 Å². The van der Waals surface area contributed by atoms with Crippen LogP contribution in [0.1, 0.15) is 0 Å². The first kappa shape index (κ1) is 8.38. The summed E-state index contributed by atoms with van der Waals surface area (Å²) in [6.07, 6.45) is 1.92. The molecule has 4 rings (SSSR count). The summed E-state index contributed by atoms with van der Waals surface area (Å²) in [4.78, 5) is 7.08. The normalized spacial score (nSPS) is 35.9. The average molecular weight is 190 g/mol. The number of fused-ring (bicyclic) bond motifs is 3. The van der Waals surface area contributed by atoms with Gasteiger partial charge in [0.05, 0.1) is 19.6 Å². The van der Waals surface area contributed by atoms with E-state index in [1.165, 1.54) is 45.1 Å². The number of hydrogen-bond acceptors (Lipinski definition) is 2. The maximum absolute atomic E-state index is 4.52. The molecule has 3 saturated heterocycles. The van der Waals surface area contributed by atoms with Crippen molar-refractivity contribution in [3.63, 3.8) is 0 Å². The van der Waals surface area contributed by atoms with Gasteiger partial charge in [0.15, 0.2) is 0 Å². The van der Waals surface area contributed by atoms with Crippen LogP contribution in [0.2, 0.25) is 0 Å². The lowest BCUT2D eigenvalue weighted by Crippen LogP contribution is -2.68. The van der Waals surface area contributed by atoms with E-state index in [-0.39, 0.29) is 0 Å². The number of aromatic nitrogens is 1. The third-order valence-corrected chi connectivity index (χ3v) is 3.67. The fraction of sp³-hybridized carbons (Fsp3) is 0.545. The van der Waals surface area contributed by atoms with Gasteiger partial charge < -0.3 is 0 Å². The van der Waals surface area contributed by atoms with Gasteiger partial charge in [0, 0.05) is 31.9 Å². The van der Waals surface area contributed by atoms with E-state index in [1.807, 2.05) is 12.3 Å². The van der Waals surface area contributed by atoms with Crippen LogP contribution in [0.25, 0.3) is 0 Å². The van der Waals surface area contributed by atoms with Crippen molar-refractivity contribution in [3.8, 4) is 0 Å². The standard InChI is InChI=1S/C11H16N3/c1-2-4-12-11(3-1)14-8-5-13(6-9-14)7-10-14/h1-4H,5-10H2/q+1. The van der Waals surface area contributed by atoms with Crippen LogP contribution in [0, 0.1) is 0 Å². The van der Waals surface area contributed by atoms with Gasteiger partial charge in [-0.2, -0.15) is 0 Å². The van der Waals surface area contributed by atoms with E-state index >= 15 is 0 Å². The number of rotatable bonds is 1. The van der Waals surface area contributed by atoms with Gasteiger partial charge in [0.2, 0.25) is 5.82 Å². The van der Waals surface area contributed by atoms with Gasteiger partial charge in [-0.1, -0.05) is 6.07 Å². The maximum Gasteiger partial charge on any atom is 0.227 e. The zero-order chi connectivity index (χ0) is 9.43. The quantitative estimate of drug-likeness (QED) is 0.607. The van der Waals surface area contributed by atoms with Crippen LogP contribution >= 0.6 is 0 Å². The third kappa shape index (κ3) is 1.16. The van der Waals surface area contributed by atoms with E-state index in [0.717, 1.165) is 4.48 Å². The van der Waals surface area contributed by atoms with Crippen molar-refractivity contribution < 1.29 is 0 Å².